The van der Waals surface area contributed by atoms with Gasteiger partial charge in [0.2, 0.25) is 0 Å². The second-order valence-corrected chi connectivity index (χ2v) is 11.6. The number of unbranched alkanes of at least 4 members (excludes halogenated alkanes) is 1. The molecule has 0 saturated heterocycles. The van der Waals surface area contributed by atoms with Gasteiger partial charge >= 0.3 is 0 Å². The first-order chi connectivity index (χ1) is 15.8. The van der Waals surface area contributed by atoms with E-state index >= 15 is 0 Å². The fraction of sp³-hybridized carbons (Fsp3) is 0.567. The van der Waals surface area contributed by atoms with Crippen molar-refractivity contribution in [1.82, 2.24) is 0 Å². The Labute approximate surface area is 203 Å². The van der Waals surface area contributed by atoms with Crippen LogP contribution in [0.5, 0.6) is 5.75 Å². The van der Waals surface area contributed by atoms with E-state index in [1.54, 1.807) is 0 Å². The van der Waals surface area contributed by atoms with E-state index in [-0.39, 0.29) is 28.2 Å². The topological polar surface area (TPSA) is 60.4 Å². The second-order valence-electron chi connectivity index (χ2n) is 11.6. The number of fused-ring (bicyclic) bond motifs is 3. The monoisotopic (exact) mass is 462 g/mol. The summed E-state index contributed by atoms with van der Waals surface area (Å²) in [4.78, 5) is 40.6. The third-order valence-corrected chi connectivity index (χ3v) is 9.12. The summed E-state index contributed by atoms with van der Waals surface area (Å²) >= 11 is 0. The molecule has 4 heteroatoms. The number of ketones is 3. The number of carbonyl (C=O) groups excluding carboxylic acids is 3. The number of benzene rings is 1. The molecule has 34 heavy (non-hydrogen) atoms. The molecule has 1 aromatic carbocycles. The van der Waals surface area contributed by atoms with Crippen molar-refractivity contribution in [2.45, 2.75) is 87.5 Å². The van der Waals surface area contributed by atoms with Gasteiger partial charge in [0.1, 0.15) is 5.75 Å². The Bertz CT molecular complexity index is 1180. The highest BCUT2D eigenvalue weighted by Gasteiger charge is 2.63. The van der Waals surface area contributed by atoms with Crippen molar-refractivity contribution in [1.29, 1.82) is 0 Å². The third kappa shape index (κ3) is 3.21. The summed E-state index contributed by atoms with van der Waals surface area (Å²) in [5, 5.41) is 0. The van der Waals surface area contributed by atoms with Crippen molar-refractivity contribution in [3.05, 3.63) is 51.1 Å². The van der Waals surface area contributed by atoms with Crippen LogP contribution in [0.15, 0.2) is 34.4 Å². The molecule has 0 unspecified atom stereocenters. The fourth-order valence-electron chi connectivity index (χ4n) is 7.31. The molecule has 1 aromatic rings. The molecule has 0 aromatic heterocycles. The number of Topliss-reactive ketones (excluding diaryl/α,β-unsaturated/α-hetero) is 3. The highest BCUT2D eigenvalue weighted by Crippen LogP contribution is 2.66. The maximum absolute atomic E-state index is 14.3. The van der Waals surface area contributed by atoms with E-state index in [0.29, 0.717) is 29.9 Å². The quantitative estimate of drug-likeness (QED) is 0.369. The van der Waals surface area contributed by atoms with Crippen molar-refractivity contribution in [2.24, 2.45) is 16.2 Å². The Balaban J connectivity index is 1.94. The van der Waals surface area contributed by atoms with Crippen LogP contribution in [0.3, 0.4) is 0 Å². The normalized spacial score (nSPS) is 30.7. The van der Waals surface area contributed by atoms with Gasteiger partial charge in [-0.2, -0.15) is 0 Å². The van der Waals surface area contributed by atoms with Gasteiger partial charge in [-0.1, -0.05) is 44.4 Å². The average Bonchev–Trinajstić information content (AvgIpc) is 2.72. The SMILES string of the molecule is CCCCOc1ccc(C)c2c1C(=O)C1=C(C)[C@@]3(C)C(=O)C(C(C)=O)=C(C)C[C@@]3(C)C[C@@]1(C)C2. The van der Waals surface area contributed by atoms with Crippen molar-refractivity contribution >= 4 is 17.3 Å². The fourth-order valence-corrected chi connectivity index (χ4v) is 7.31. The summed E-state index contributed by atoms with van der Waals surface area (Å²) < 4.78 is 6.09. The van der Waals surface area contributed by atoms with Gasteiger partial charge in [0.25, 0.3) is 0 Å². The van der Waals surface area contributed by atoms with Crippen molar-refractivity contribution in [2.75, 3.05) is 6.61 Å². The zero-order chi connectivity index (χ0) is 25.2. The molecule has 0 heterocycles. The summed E-state index contributed by atoms with van der Waals surface area (Å²) in [6, 6.07) is 3.98. The largest absolute Gasteiger partial charge is 0.493 e. The number of aryl methyl sites for hydroxylation is 1. The lowest BCUT2D eigenvalue weighted by atomic mass is 9.42. The molecule has 0 bridgehead atoms. The van der Waals surface area contributed by atoms with Crippen LogP contribution in [0.1, 0.15) is 95.6 Å². The van der Waals surface area contributed by atoms with Crippen LogP contribution >= 0.6 is 0 Å². The molecule has 0 spiro atoms. The van der Waals surface area contributed by atoms with E-state index in [1.807, 2.05) is 26.8 Å². The summed E-state index contributed by atoms with van der Waals surface area (Å²) in [5.41, 5.74) is 4.01. The number of hydrogen-bond acceptors (Lipinski definition) is 4. The van der Waals surface area contributed by atoms with Gasteiger partial charge in [0.15, 0.2) is 17.3 Å². The predicted octanol–water partition coefficient (Wildman–Crippen LogP) is 6.53. The Morgan fingerprint density at radius 3 is 2.35 bits per heavy atom. The summed E-state index contributed by atoms with van der Waals surface area (Å²) in [7, 11) is 0. The van der Waals surface area contributed by atoms with Crippen LogP contribution in [-0.2, 0) is 16.0 Å². The van der Waals surface area contributed by atoms with E-state index < -0.39 is 5.41 Å². The van der Waals surface area contributed by atoms with E-state index in [0.717, 1.165) is 53.5 Å². The lowest BCUT2D eigenvalue weighted by Crippen LogP contribution is -2.57. The minimum absolute atomic E-state index is 0.0110. The lowest BCUT2D eigenvalue weighted by Gasteiger charge is -2.59. The van der Waals surface area contributed by atoms with E-state index in [1.165, 1.54) is 6.92 Å². The molecule has 0 aliphatic heterocycles. The van der Waals surface area contributed by atoms with Gasteiger partial charge in [-0.15, -0.1) is 0 Å². The van der Waals surface area contributed by atoms with Gasteiger partial charge < -0.3 is 4.74 Å². The van der Waals surface area contributed by atoms with Gasteiger partial charge in [-0.3, -0.25) is 14.4 Å². The molecule has 4 rings (SSSR count). The van der Waals surface area contributed by atoms with Gasteiger partial charge in [0, 0.05) is 11.0 Å². The zero-order valence-corrected chi connectivity index (χ0v) is 22.0. The maximum atomic E-state index is 14.3. The van der Waals surface area contributed by atoms with Crippen LogP contribution < -0.4 is 4.74 Å². The van der Waals surface area contributed by atoms with E-state index in [2.05, 4.69) is 33.8 Å². The number of carbonyl (C=O) groups is 3. The van der Waals surface area contributed by atoms with Crippen LogP contribution in [0.25, 0.3) is 0 Å². The molecule has 3 aliphatic carbocycles. The molecular formula is C30H38O4. The Hall–Kier alpha value is -2.49. The molecule has 0 saturated carbocycles. The van der Waals surface area contributed by atoms with E-state index in [9.17, 15) is 14.4 Å². The molecule has 0 N–H and O–H groups in total. The Morgan fingerprint density at radius 1 is 1.06 bits per heavy atom. The van der Waals surface area contributed by atoms with Crippen molar-refractivity contribution < 1.29 is 19.1 Å². The highest BCUT2D eigenvalue weighted by atomic mass is 16.5. The first kappa shape index (κ1) is 24.6. The molecule has 3 atom stereocenters. The molecular weight excluding hydrogens is 424 g/mol. The van der Waals surface area contributed by atoms with Crippen LogP contribution in [0, 0.1) is 23.2 Å². The van der Waals surface area contributed by atoms with Gasteiger partial charge in [0.05, 0.1) is 23.2 Å². The number of rotatable bonds is 5. The molecule has 4 nitrogen and oxygen atoms in total. The maximum Gasteiger partial charge on any atom is 0.193 e. The third-order valence-electron chi connectivity index (χ3n) is 9.12. The van der Waals surface area contributed by atoms with Crippen molar-refractivity contribution in [3.8, 4) is 5.75 Å². The molecule has 3 aliphatic rings. The number of hydrogen-bond donors (Lipinski definition) is 0. The minimum Gasteiger partial charge on any atom is -0.493 e. The molecule has 0 radical (unpaired) electrons. The smallest absolute Gasteiger partial charge is 0.193 e. The average molecular weight is 463 g/mol. The number of ether oxygens (including phenoxy) is 1. The predicted molar refractivity (Wildman–Crippen MR) is 134 cm³/mol. The first-order valence-electron chi connectivity index (χ1n) is 12.6. The van der Waals surface area contributed by atoms with E-state index in [4.69, 9.17) is 4.74 Å². The zero-order valence-electron chi connectivity index (χ0n) is 22.0. The summed E-state index contributed by atoms with van der Waals surface area (Å²) in [5.74, 6) is 0.332. The summed E-state index contributed by atoms with van der Waals surface area (Å²) in [6.45, 7) is 16.4. The van der Waals surface area contributed by atoms with Crippen LogP contribution in [-0.4, -0.2) is 24.0 Å². The minimum atomic E-state index is -0.886. The first-order valence-corrected chi connectivity index (χ1v) is 12.6. The molecule has 182 valence electrons. The van der Waals surface area contributed by atoms with Crippen LogP contribution in [0.2, 0.25) is 0 Å². The Morgan fingerprint density at radius 2 is 1.74 bits per heavy atom. The number of allylic oxidation sites excluding steroid dienone is 4. The highest BCUT2D eigenvalue weighted by molar-refractivity contribution is 6.24. The standard InChI is InChI=1S/C30H38O4/c1-9-10-13-34-22-12-11-17(2)21-15-28(6)16-29(7)14-18(3)23(20(5)31)27(33)30(29,8)19(4)25(28)26(32)24(21)22/h11-12H,9-10,13-16H2,1-8H3/t28-,29+,30+/m1/s1. The Kier molecular flexibility index (Phi) is 5.82. The molecule has 0 amide bonds. The summed E-state index contributed by atoms with van der Waals surface area (Å²) in [6.07, 6.45) is 4.11. The van der Waals surface area contributed by atoms with Crippen LogP contribution in [0.4, 0.5) is 0 Å². The lowest BCUT2D eigenvalue weighted by molar-refractivity contribution is -0.134. The molecule has 0 fully saturated rings. The van der Waals surface area contributed by atoms with Gasteiger partial charge in [-0.25, -0.2) is 0 Å². The van der Waals surface area contributed by atoms with Crippen molar-refractivity contribution in [3.63, 3.8) is 0 Å². The second kappa shape index (κ2) is 8.03. The van der Waals surface area contributed by atoms with Gasteiger partial charge in [-0.05, 0) is 82.9 Å².